The van der Waals surface area contributed by atoms with Crippen molar-refractivity contribution < 1.29 is 14.3 Å². The molecule has 0 unspecified atom stereocenters. The zero-order valence-corrected chi connectivity index (χ0v) is 8.09. The van der Waals surface area contributed by atoms with Crippen LogP contribution in [-0.2, 0) is 9.47 Å². The van der Waals surface area contributed by atoms with E-state index in [1.54, 1.807) is 6.92 Å². The molecule has 0 spiro atoms. The van der Waals surface area contributed by atoms with Crippen molar-refractivity contribution in [2.24, 2.45) is 0 Å². The van der Waals surface area contributed by atoms with Gasteiger partial charge in [0.1, 0.15) is 0 Å². The van der Waals surface area contributed by atoms with Gasteiger partial charge in [-0.1, -0.05) is 22.6 Å². The summed E-state index contributed by atoms with van der Waals surface area (Å²) in [5.74, 6) is 0. The molecule has 4 heteroatoms. The molecule has 0 aromatic rings. The van der Waals surface area contributed by atoms with E-state index in [1.807, 2.05) is 0 Å². The summed E-state index contributed by atoms with van der Waals surface area (Å²) in [5.41, 5.74) is 0. The van der Waals surface area contributed by atoms with Crippen LogP contribution in [0.5, 0.6) is 0 Å². The zero-order chi connectivity index (χ0) is 7.82. The lowest BCUT2D eigenvalue weighted by Gasteiger charge is -2.01. The van der Waals surface area contributed by atoms with E-state index in [1.165, 1.54) is 0 Å². The smallest absolute Gasteiger partial charge is 0.435 e. The Morgan fingerprint density at radius 1 is 1.50 bits per heavy atom. The molecule has 0 fully saturated rings. The summed E-state index contributed by atoms with van der Waals surface area (Å²) < 4.78 is 10.2. The first-order chi connectivity index (χ1) is 4.81. The van der Waals surface area contributed by atoms with Gasteiger partial charge in [-0.25, -0.2) is 4.79 Å². The second-order valence-corrected chi connectivity index (χ2v) is 2.65. The molecule has 60 valence electrons. The third-order valence-electron chi connectivity index (χ3n) is 0.760. The van der Waals surface area contributed by atoms with Crippen LogP contribution >= 0.6 is 22.6 Å². The number of carbonyl (C=O) groups excluding carboxylic acids is 1. The van der Waals surface area contributed by atoms with E-state index in [-0.39, 0.29) is 0 Å². The van der Waals surface area contributed by atoms with Crippen LogP contribution in [0.1, 0.15) is 13.3 Å². The molecule has 0 N–H and O–H groups in total. The number of ether oxygens (including phenoxy) is 2. The van der Waals surface area contributed by atoms with Gasteiger partial charge in [0.25, 0.3) is 0 Å². The molecule has 0 saturated heterocycles. The van der Waals surface area contributed by atoms with Gasteiger partial charge in [0, 0.05) is 4.43 Å². The molecule has 0 heterocycles. The first-order valence-electron chi connectivity index (χ1n) is 3.16. The number of hydrogen-bond acceptors (Lipinski definition) is 3. The highest BCUT2D eigenvalue weighted by Gasteiger charge is 1.99. The molecule has 0 saturated carbocycles. The monoisotopic (exact) mass is 258 g/mol. The van der Waals surface area contributed by atoms with Gasteiger partial charge in [0.05, 0.1) is 13.2 Å². The van der Waals surface area contributed by atoms with E-state index in [2.05, 4.69) is 32.1 Å². The Kier molecular flexibility index (Phi) is 7.11. The largest absolute Gasteiger partial charge is 0.508 e. The Morgan fingerprint density at radius 3 is 2.70 bits per heavy atom. The van der Waals surface area contributed by atoms with Crippen LogP contribution in [0.4, 0.5) is 4.79 Å². The maximum Gasteiger partial charge on any atom is 0.508 e. The summed E-state index contributed by atoms with van der Waals surface area (Å²) in [4.78, 5) is 10.5. The van der Waals surface area contributed by atoms with Crippen molar-refractivity contribution in [2.45, 2.75) is 13.3 Å². The minimum atomic E-state index is -0.563. The number of carbonyl (C=O) groups is 1. The van der Waals surface area contributed by atoms with Gasteiger partial charge < -0.3 is 9.47 Å². The van der Waals surface area contributed by atoms with Crippen molar-refractivity contribution in [3.63, 3.8) is 0 Å². The summed E-state index contributed by atoms with van der Waals surface area (Å²) in [6.07, 6.45) is 0.326. The number of halogens is 1. The van der Waals surface area contributed by atoms with Crippen LogP contribution in [0.2, 0.25) is 0 Å². The summed E-state index contributed by atoms with van der Waals surface area (Å²) in [6.45, 7) is 2.59. The lowest BCUT2D eigenvalue weighted by atomic mass is 10.5. The highest BCUT2D eigenvalue weighted by Crippen LogP contribution is 1.91. The average Bonchev–Trinajstić information content (AvgIpc) is 1.89. The zero-order valence-electron chi connectivity index (χ0n) is 5.93. The van der Waals surface area contributed by atoms with E-state index < -0.39 is 6.16 Å². The lowest BCUT2D eigenvalue weighted by Crippen LogP contribution is -2.07. The van der Waals surface area contributed by atoms with E-state index in [4.69, 9.17) is 0 Å². The Hall–Kier alpha value is 0. The van der Waals surface area contributed by atoms with Crippen LogP contribution in [-0.4, -0.2) is 23.8 Å². The van der Waals surface area contributed by atoms with Gasteiger partial charge in [-0.3, -0.25) is 0 Å². The molecule has 0 bridgehead atoms. The molecule has 0 aliphatic rings. The van der Waals surface area contributed by atoms with E-state index in [0.717, 1.165) is 10.8 Å². The fourth-order valence-corrected chi connectivity index (χ4v) is 0.681. The van der Waals surface area contributed by atoms with Gasteiger partial charge in [0.2, 0.25) is 0 Å². The SMILES string of the molecule is CCOC(=O)OCCCI. The van der Waals surface area contributed by atoms with Crippen LogP contribution < -0.4 is 0 Å². The maximum atomic E-state index is 10.5. The Labute approximate surface area is 74.2 Å². The third-order valence-corrected chi connectivity index (χ3v) is 1.52. The fourth-order valence-electron chi connectivity index (χ4n) is 0.370. The van der Waals surface area contributed by atoms with Crippen molar-refractivity contribution >= 4 is 28.7 Å². The summed E-state index contributed by atoms with van der Waals surface area (Å²) in [7, 11) is 0. The normalized spacial score (nSPS) is 9.00. The molecule has 0 amide bonds. The summed E-state index contributed by atoms with van der Waals surface area (Å²) in [5, 5.41) is 0. The second kappa shape index (κ2) is 7.11. The van der Waals surface area contributed by atoms with Crippen molar-refractivity contribution in [3.05, 3.63) is 0 Å². The van der Waals surface area contributed by atoms with E-state index in [0.29, 0.717) is 13.2 Å². The molecule has 0 aliphatic carbocycles. The van der Waals surface area contributed by atoms with Crippen LogP contribution in [0.15, 0.2) is 0 Å². The fraction of sp³-hybridized carbons (Fsp3) is 0.833. The Bertz CT molecular complexity index is 95.0. The first kappa shape index (κ1) is 10.0. The predicted octanol–water partition coefficient (Wildman–Crippen LogP) is 1.98. The quantitative estimate of drug-likeness (QED) is 0.335. The molecular weight excluding hydrogens is 247 g/mol. The molecule has 0 aliphatic heterocycles. The third kappa shape index (κ3) is 6.12. The maximum absolute atomic E-state index is 10.5. The minimum absolute atomic E-state index is 0.378. The topological polar surface area (TPSA) is 35.5 Å². The van der Waals surface area contributed by atoms with Crippen molar-refractivity contribution in [2.75, 3.05) is 17.6 Å². The Balaban J connectivity index is 3.05. The van der Waals surface area contributed by atoms with Gasteiger partial charge in [0.15, 0.2) is 0 Å². The van der Waals surface area contributed by atoms with Crippen molar-refractivity contribution in [1.82, 2.24) is 0 Å². The highest BCUT2D eigenvalue weighted by molar-refractivity contribution is 14.1. The lowest BCUT2D eigenvalue weighted by molar-refractivity contribution is 0.0595. The molecular formula is C6H11IO3. The second-order valence-electron chi connectivity index (χ2n) is 1.57. The van der Waals surface area contributed by atoms with E-state index in [9.17, 15) is 4.79 Å². The van der Waals surface area contributed by atoms with Gasteiger partial charge >= 0.3 is 6.16 Å². The van der Waals surface area contributed by atoms with Gasteiger partial charge in [-0.05, 0) is 13.3 Å². The number of alkyl halides is 1. The molecule has 10 heavy (non-hydrogen) atoms. The first-order valence-corrected chi connectivity index (χ1v) is 4.69. The van der Waals surface area contributed by atoms with Crippen LogP contribution in [0, 0.1) is 0 Å². The van der Waals surface area contributed by atoms with Gasteiger partial charge in [-0.2, -0.15) is 0 Å². The van der Waals surface area contributed by atoms with Crippen molar-refractivity contribution in [1.29, 1.82) is 0 Å². The molecule has 0 aromatic carbocycles. The van der Waals surface area contributed by atoms with Gasteiger partial charge in [-0.15, -0.1) is 0 Å². The van der Waals surface area contributed by atoms with E-state index >= 15 is 0 Å². The molecule has 0 rings (SSSR count). The summed E-state index contributed by atoms with van der Waals surface area (Å²) in [6, 6.07) is 0. The standard InChI is InChI=1S/C6H11IO3/c1-2-9-6(8)10-5-3-4-7/h2-5H2,1H3. The molecule has 0 aromatic heterocycles. The van der Waals surface area contributed by atoms with Crippen molar-refractivity contribution in [3.8, 4) is 0 Å². The summed E-state index contributed by atoms with van der Waals surface area (Å²) >= 11 is 2.22. The average molecular weight is 258 g/mol. The Morgan fingerprint density at radius 2 is 2.20 bits per heavy atom. The van der Waals surface area contributed by atoms with Crippen LogP contribution in [0.3, 0.4) is 0 Å². The molecule has 0 radical (unpaired) electrons. The molecule has 0 atom stereocenters. The molecule has 3 nitrogen and oxygen atoms in total. The predicted molar refractivity (Wildman–Crippen MR) is 46.5 cm³/mol. The highest BCUT2D eigenvalue weighted by atomic mass is 127. The number of rotatable bonds is 4. The minimum Gasteiger partial charge on any atom is -0.435 e. The van der Waals surface area contributed by atoms with Crippen LogP contribution in [0.25, 0.3) is 0 Å². The number of hydrogen-bond donors (Lipinski definition) is 0.